The largest absolute Gasteiger partial charge is 0.416 e. The third kappa shape index (κ3) is 24.1. The molecule has 4 fully saturated rings. The Morgan fingerprint density at radius 1 is 0.377 bits per heavy atom. The predicted octanol–water partition coefficient (Wildman–Crippen LogP) is 19.4. The molecule has 4 aromatic carbocycles. The summed E-state index contributed by atoms with van der Waals surface area (Å²) in [5, 5.41) is 8.66. The second kappa shape index (κ2) is 42.2. The average molecular weight is 1860 g/mol. The van der Waals surface area contributed by atoms with E-state index in [9.17, 15) is 67.1 Å². The van der Waals surface area contributed by atoms with Crippen LogP contribution in [0.4, 0.5) is 70.1 Å². The van der Waals surface area contributed by atoms with Crippen molar-refractivity contribution in [1.29, 1.82) is 0 Å². The molecule has 4 saturated heterocycles. The molecule has 0 spiro atoms. The van der Waals surface area contributed by atoms with Gasteiger partial charge in [0.1, 0.15) is 34.5 Å². The number of hydrogen-bond acceptors (Lipinski definition) is 21. The summed E-state index contributed by atoms with van der Waals surface area (Å²) in [5.41, 5.74) is 25.8. The van der Waals surface area contributed by atoms with Crippen LogP contribution in [0.5, 0.6) is 0 Å². The fraction of sp³-hybridized carbons (Fsp3) is 0.452. The highest BCUT2D eigenvalue weighted by molar-refractivity contribution is 6.67. The quantitative estimate of drug-likeness (QED) is 0.0470. The topological polar surface area (TPSA) is 302 Å². The van der Waals surface area contributed by atoms with Gasteiger partial charge in [-0.15, -0.1) is 12.4 Å². The van der Waals surface area contributed by atoms with E-state index in [0.717, 1.165) is 122 Å². The van der Waals surface area contributed by atoms with Crippen LogP contribution in [0.3, 0.4) is 0 Å². The van der Waals surface area contributed by atoms with Gasteiger partial charge in [-0.2, -0.15) is 52.7 Å². The summed E-state index contributed by atoms with van der Waals surface area (Å²) in [6, 6.07) is 24.4. The molecule has 0 bridgehead atoms. The van der Waals surface area contributed by atoms with Crippen molar-refractivity contribution < 1.29 is 100 Å². The van der Waals surface area contributed by atoms with Gasteiger partial charge in [0.2, 0.25) is 0 Å². The first-order chi connectivity index (χ1) is 61.1. The molecule has 13 heterocycles. The van der Waals surface area contributed by atoms with Crippen LogP contribution < -0.4 is 27.8 Å². The number of fused-ring (bicyclic) bond motifs is 9. The van der Waals surface area contributed by atoms with Gasteiger partial charge in [0.25, 0.3) is 17.1 Å². The van der Waals surface area contributed by atoms with Crippen molar-refractivity contribution in [2.45, 2.75) is 194 Å². The molecule has 130 heavy (non-hydrogen) atoms. The molecule has 7 aliphatic heterocycles. The van der Waals surface area contributed by atoms with Crippen molar-refractivity contribution in [3.8, 4) is 0 Å². The maximum Gasteiger partial charge on any atom is 0.416 e. The first-order valence-corrected chi connectivity index (χ1v) is 42.8. The van der Waals surface area contributed by atoms with E-state index in [-0.39, 0.29) is 103 Å². The lowest BCUT2D eigenvalue weighted by atomic mass is 9.95. The molecule has 698 valence electrons. The Hall–Kier alpha value is -10.1. The van der Waals surface area contributed by atoms with E-state index in [1.165, 1.54) is 67.1 Å². The molecule has 0 aliphatic carbocycles. The number of nitrogen functional groups attached to an aromatic ring is 3. The van der Waals surface area contributed by atoms with E-state index < -0.39 is 64.3 Å². The zero-order valence-corrected chi connectivity index (χ0v) is 74.1. The zero-order valence-electron chi connectivity index (χ0n) is 72.6. The molecule has 8 atom stereocenters. The Kier molecular flexibility index (Phi) is 32.2. The van der Waals surface area contributed by atoms with Gasteiger partial charge >= 0.3 is 24.7 Å². The van der Waals surface area contributed by atoms with Gasteiger partial charge in [-0.1, -0.05) is 104 Å². The number of ether oxygens (including phenoxy) is 7. The monoisotopic (exact) mass is 1860 g/mol. The van der Waals surface area contributed by atoms with Crippen LogP contribution in [-0.4, -0.2) is 134 Å². The fourth-order valence-electron chi connectivity index (χ4n) is 17.1. The van der Waals surface area contributed by atoms with Crippen LogP contribution in [0.15, 0.2) is 134 Å². The number of rotatable bonds is 15. The van der Waals surface area contributed by atoms with Crippen LogP contribution in [0.25, 0.3) is 32.7 Å². The highest BCUT2D eigenvalue weighted by atomic mass is 35.5. The first-order valence-electron chi connectivity index (χ1n) is 42.5. The van der Waals surface area contributed by atoms with Crippen molar-refractivity contribution in [2.24, 2.45) is 23.7 Å². The van der Waals surface area contributed by atoms with Gasteiger partial charge < -0.3 is 70.8 Å². The molecule has 8 N–H and O–H groups in total. The smallest absolute Gasteiger partial charge is 0.383 e. The van der Waals surface area contributed by atoms with Crippen LogP contribution in [0.2, 0.25) is 0 Å². The van der Waals surface area contributed by atoms with Crippen LogP contribution in [-0.2, 0) is 97.5 Å². The number of morpholine rings is 4. The number of carbonyl (C=O) groups is 3. The molecule has 2 amide bonds. The van der Waals surface area contributed by atoms with E-state index in [4.69, 9.17) is 62.0 Å². The predicted molar refractivity (Wildman–Crippen MR) is 466 cm³/mol. The number of amides is 2. The maximum atomic E-state index is 14.0. The number of aromatic nitrogens is 6. The lowest BCUT2D eigenvalue weighted by Crippen LogP contribution is -2.51. The van der Waals surface area contributed by atoms with Gasteiger partial charge in [0.05, 0.1) is 186 Å². The van der Waals surface area contributed by atoms with Crippen molar-refractivity contribution in [3.63, 3.8) is 0 Å². The Labute approximate surface area is 754 Å². The minimum absolute atomic E-state index is 0. The lowest BCUT2D eigenvalue weighted by molar-refractivity contribution is -0.138. The molecule has 17 rings (SSSR count). The molecule has 37 heteroatoms. The fourth-order valence-corrected chi connectivity index (χ4v) is 17.2. The number of carbonyl (C=O) groups excluding carboxylic acids is 3. The summed E-state index contributed by atoms with van der Waals surface area (Å²) >= 11 is 5.41. The van der Waals surface area contributed by atoms with E-state index in [1.54, 1.807) is 28.0 Å². The van der Waals surface area contributed by atoms with Crippen molar-refractivity contribution in [2.75, 3.05) is 70.1 Å². The zero-order chi connectivity index (χ0) is 92.7. The van der Waals surface area contributed by atoms with Crippen molar-refractivity contribution in [1.82, 2.24) is 50.3 Å². The summed E-state index contributed by atoms with van der Waals surface area (Å²) in [5.74, 6) is 2.30. The number of nitrogens with zero attached hydrogens (tertiary/aromatic N) is 8. The summed E-state index contributed by atoms with van der Waals surface area (Å²) < 4.78 is 193. The summed E-state index contributed by atoms with van der Waals surface area (Å²) in [6.45, 7) is 22.6. The van der Waals surface area contributed by atoms with E-state index in [0.29, 0.717) is 149 Å². The molecular weight excluding hydrogens is 1760 g/mol. The average Bonchev–Trinajstić information content (AvgIpc) is 1.18. The van der Waals surface area contributed by atoms with Gasteiger partial charge in [0, 0.05) is 44.9 Å². The number of halogens is 14. The highest BCUT2D eigenvalue weighted by Crippen LogP contribution is 2.42. The number of alkyl halides is 12. The van der Waals surface area contributed by atoms with Gasteiger partial charge in [-0.3, -0.25) is 14.4 Å². The number of benzene rings is 4. The minimum atomic E-state index is -4.44. The maximum absolute atomic E-state index is 14.0. The third-order valence-electron chi connectivity index (χ3n) is 23.2. The SMILES string of the molecule is CC(C)C[C@@H]1COC[C@H](c2ccc(C(F)(F)F)cc2)N1.CC(C)C[C@@H]1COC[C@H](c2ccc(C(F)(F)F)cc2)N1C(=O)c1cc2c3c(c(N)nc2cn1)COC3.CC(C)C[C@H]1COC[C@@H](c2ccc(C(F)(F)F)cc2)N1.CC(C)C[C@H]1COC[C@@H](c2ccc(C(F)(F)F)cc2)N1C(=O)c1cc2c3c(c(N)nc2cn1)COC3.Cl.Nc1nc2cnc(C(=O)Cl)cc2c2c1COC2. The number of pyridine rings is 6. The molecule has 6 aromatic heterocycles. The molecule has 10 aromatic rings. The molecule has 7 aliphatic rings. The van der Waals surface area contributed by atoms with Gasteiger partial charge in [0.15, 0.2) is 0 Å². The number of hydrogen-bond donors (Lipinski definition) is 5. The van der Waals surface area contributed by atoms with Crippen molar-refractivity contribution in [3.05, 3.63) is 229 Å². The molecule has 0 unspecified atom stereocenters. The Morgan fingerprint density at radius 2 is 0.646 bits per heavy atom. The molecule has 0 saturated carbocycles. The first kappa shape index (κ1) is 99.0. The molecular formula is C93H103Cl2F12N13O10. The molecule has 0 radical (unpaired) electrons. The van der Waals surface area contributed by atoms with E-state index in [2.05, 4.69) is 95.9 Å². The van der Waals surface area contributed by atoms with E-state index >= 15 is 0 Å². The minimum Gasteiger partial charge on any atom is -0.383 e. The summed E-state index contributed by atoms with van der Waals surface area (Å²) in [6.07, 6.45) is -9.53. The van der Waals surface area contributed by atoms with Gasteiger partial charge in [-0.25, -0.2) is 29.9 Å². The number of nitrogens with two attached hydrogens (primary N) is 3. The highest BCUT2D eigenvalue weighted by Gasteiger charge is 2.42. The third-order valence-corrected chi connectivity index (χ3v) is 23.4. The molecule has 23 nitrogen and oxygen atoms in total. The second-order valence-electron chi connectivity index (χ2n) is 34.6. The Bertz CT molecular complexity index is 5320. The van der Waals surface area contributed by atoms with Crippen molar-refractivity contribution >= 4 is 91.2 Å². The number of anilines is 3. The second-order valence-corrected chi connectivity index (χ2v) is 35.0. The Balaban J connectivity index is 0.000000152. The Morgan fingerprint density at radius 3 is 0.931 bits per heavy atom. The van der Waals surface area contributed by atoms with Crippen LogP contribution >= 0.6 is 24.0 Å². The lowest BCUT2D eigenvalue weighted by Gasteiger charge is -2.43. The standard InChI is InChI=1S/2C26H27F3N4O3.2C15H20F3NO.C11H8ClN3O2.ClH/c2*1-14(2)7-17-10-35-13-23(15-3-5-16(6-4-15)26(27,28)29)33(17)25(34)21-8-18-19-11-36-12-20(19)24(30)32-22(18)9-31-21;2*1-10(2)7-13-8-20-9-14(19-13)11-3-5-12(6-4-11)15(16,17)18;12-10(16)8-1-5-6-3-17-4-7(6)11(13)15-9(5)2-14-8;/h2*3-6,8-9,14,17,23H,7,10-13H2,1-2H3,(H2,30,32);2*3-6,10,13-14,19H,7-9H2,1-2H3;1-2H,3-4H2,(H2,13,15);1H/t2*17-,23-;2*13-,14-;;/m1010../s1. The van der Waals surface area contributed by atoms with Gasteiger partial charge in [-0.05, 0) is 167 Å². The normalized spacial score (nSPS) is 20.4. The summed E-state index contributed by atoms with van der Waals surface area (Å²) in [7, 11) is 0. The summed E-state index contributed by atoms with van der Waals surface area (Å²) in [4.78, 5) is 68.2. The van der Waals surface area contributed by atoms with Crippen LogP contribution in [0.1, 0.15) is 215 Å². The number of nitrogens with one attached hydrogen (secondary N) is 2. The van der Waals surface area contributed by atoms with E-state index in [1.807, 2.05) is 0 Å². The van der Waals surface area contributed by atoms with Crippen LogP contribution in [0, 0.1) is 23.7 Å².